The van der Waals surface area contributed by atoms with Gasteiger partial charge in [-0.25, -0.2) is 12.8 Å². The number of aliphatic hydroxyl groups excluding tert-OH is 1. The molecular formula is C13H18FNO4S. The molecule has 2 rings (SSSR count). The number of nitrogens with zero attached hydrogens (tertiary/aromatic N) is 1. The molecule has 1 heterocycles. The lowest BCUT2D eigenvalue weighted by atomic mass is 10.1. The Labute approximate surface area is 118 Å². The lowest BCUT2D eigenvalue weighted by Crippen LogP contribution is -2.45. The molecule has 0 aliphatic carbocycles. The number of hydrogen-bond acceptors (Lipinski definition) is 4. The number of ether oxygens (including phenoxy) is 1. The number of hydrogen-bond donors (Lipinski definition) is 1. The molecule has 1 fully saturated rings. The fraction of sp³-hybridized carbons (Fsp3) is 0.538. The lowest BCUT2D eigenvalue weighted by Gasteiger charge is -2.33. The van der Waals surface area contributed by atoms with E-state index in [1.807, 2.05) is 0 Å². The maximum Gasteiger partial charge on any atom is 0.243 e. The van der Waals surface area contributed by atoms with E-state index in [2.05, 4.69) is 0 Å². The first kappa shape index (κ1) is 15.2. The molecule has 1 aliphatic heterocycles. The molecule has 5 nitrogen and oxygen atoms in total. The van der Waals surface area contributed by atoms with Crippen molar-refractivity contribution >= 4 is 10.0 Å². The SMILES string of the molecule is COc1ccc(S(=O)(=O)N2CCCCC2CO)cc1F. The first-order valence-electron chi connectivity index (χ1n) is 6.47. The van der Waals surface area contributed by atoms with Crippen LogP contribution in [0.15, 0.2) is 23.1 Å². The predicted octanol–water partition coefficient (Wildman–Crippen LogP) is 1.37. The Kier molecular flexibility index (Phi) is 4.62. The molecule has 1 aliphatic rings. The molecule has 1 aromatic carbocycles. The van der Waals surface area contributed by atoms with Crippen LogP contribution >= 0.6 is 0 Å². The van der Waals surface area contributed by atoms with E-state index in [9.17, 15) is 17.9 Å². The highest BCUT2D eigenvalue weighted by atomic mass is 32.2. The smallest absolute Gasteiger partial charge is 0.243 e. The van der Waals surface area contributed by atoms with E-state index in [1.54, 1.807) is 0 Å². The van der Waals surface area contributed by atoms with Crippen LogP contribution in [0.4, 0.5) is 4.39 Å². The second-order valence-corrected chi connectivity index (χ2v) is 6.63. The van der Waals surface area contributed by atoms with Crippen molar-refractivity contribution in [3.05, 3.63) is 24.0 Å². The number of benzene rings is 1. The van der Waals surface area contributed by atoms with E-state index < -0.39 is 21.9 Å². The number of methoxy groups -OCH3 is 1. The van der Waals surface area contributed by atoms with E-state index in [0.717, 1.165) is 18.9 Å². The zero-order chi connectivity index (χ0) is 14.8. The van der Waals surface area contributed by atoms with E-state index in [4.69, 9.17) is 4.74 Å². The van der Waals surface area contributed by atoms with Crippen molar-refractivity contribution in [1.82, 2.24) is 4.31 Å². The summed E-state index contributed by atoms with van der Waals surface area (Å²) in [7, 11) is -2.47. The van der Waals surface area contributed by atoms with Crippen LogP contribution in [-0.4, -0.2) is 44.1 Å². The number of aliphatic hydroxyl groups is 1. The van der Waals surface area contributed by atoms with Crippen molar-refractivity contribution in [2.45, 2.75) is 30.2 Å². The molecule has 0 saturated carbocycles. The maximum absolute atomic E-state index is 13.7. The second-order valence-electron chi connectivity index (χ2n) is 4.74. The third kappa shape index (κ3) is 2.79. The van der Waals surface area contributed by atoms with Crippen molar-refractivity contribution in [3.63, 3.8) is 0 Å². The highest BCUT2D eigenvalue weighted by Gasteiger charge is 2.33. The molecule has 1 aromatic rings. The van der Waals surface area contributed by atoms with Gasteiger partial charge in [0.2, 0.25) is 10.0 Å². The summed E-state index contributed by atoms with van der Waals surface area (Å²) in [5.41, 5.74) is 0. The molecule has 0 bridgehead atoms. The number of rotatable bonds is 4. The van der Waals surface area contributed by atoms with E-state index in [1.165, 1.54) is 23.5 Å². The standard InChI is InChI=1S/C13H18FNO4S/c1-19-13-6-5-11(8-12(13)14)20(17,18)15-7-3-2-4-10(15)9-16/h5-6,8,10,16H,2-4,7,9H2,1H3. The zero-order valence-corrected chi connectivity index (χ0v) is 12.1. The summed E-state index contributed by atoms with van der Waals surface area (Å²) in [6.45, 7) is 0.124. The van der Waals surface area contributed by atoms with Crippen LogP contribution in [0.3, 0.4) is 0 Å². The predicted molar refractivity (Wildman–Crippen MR) is 71.6 cm³/mol. The Hall–Kier alpha value is -1.18. The lowest BCUT2D eigenvalue weighted by molar-refractivity contribution is 0.155. The van der Waals surface area contributed by atoms with Gasteiger partial charge in [-0.15, -0.1) is 0 Å². The minimum Gasteiger partial charge on any atom is -0.494 e. The van der Waals surface area contributed by atoms with E-state index in [0.29, 0.717) is 13.0 Å². The van der Waals surface area contributed by atoms with Gasteiger partial charge in [0.25, 0.3) is 0 Å². The van der Waals surface area contributed by atoms with Gasteiger partial charge in [0.1, 0.15) is 0 Å². The normalized spacial score (nSPS) is 20.9. The van der Waals surface area contributed by atoms with Gasteiger partial charge >= 0.3 is 0 Å². The molecule has 1 atom stereocenters. The first-order chi connectivity index (χ1) is 9.50. The molecule has 0 spiro atoms. The first-order valence-corrected chi connectivity index (χ1v) is 7.91. The molecule has 1 unspecified atom stereocenters. The summed E-state index contributed by atoms with van der Waals surface area (Å²) >= 11 is 0. The molecule has 1 saturated heterocycles. The molecule has 0 radical (unpaired) electrons. The Bertz CT molecular complexity index is 576. The van der Waals surface area contributed by atoms with Gasteiger partial charge in [0.05, 0.1) is 18.6 Å². The van der Waals surface area contributed by atoms with Gasteiger partial charge in [-0.05, 0) is 31.0 Å². The molecular weight excluding hydrogens is 285 g/mol. The Morgan fingerprint density at radius 1 is 1.45 bits per heavy atom. The topological polar surface area (TPSA) is 66.8 Å². The Balaban J connectivity index is 2.36. The Morgan fingerprint density at radius 3 is 2.80 bits per heavy atom. The van der Waals surface area contributed by atoms with Crippen molar-refractivity contribution in [1.29, 1.82) is 0 Å². The minimum absolute atomic E-state index is 0.00121. The monoisotopic (exact) mass is 303 g/mol. The summed E-state index contributed by atoms with van der Waals surface area (Å²) in [6.07, 6.45) is 2.25. The van der Waals surface area contributed by atoms with Crippen LogP contribution in [-0.2, 0) is 10.0 Å². The van der Waals surface area contributed by atoms with E-state index in [-0.39, 0.29) is 17.3 Å². The van der Waals surface area contributed by atoms with Gasteiger partial charge < -0.3 is 9.84 Å². The largest absolute Gasteiger partial charge is 0.494 e. The summed E-state index contributed by atoms with van der Waals surface area (Å²) in [4.78, 5) is -0.115. The molecule has 0 amide bonds. The quantitative estimate of drug-likeness (QED) is 0.912. The second kappa shape index (κ2) is 6.07. The van der Waals surface area contributed by atoms with Gasteiger partial charge in [0, 0.05) is 12.6 Å². The number of halogens is 1. The van der Waals surface area contributed by atoms with E-state index >= 15 is 0 Å². The maximum atomic E-state index is 13.7. The summed E-state index contributed by atoms with van der Waals surface area (Å²) < 4.78 is 44.7. The van der Waals surface area contributed by atoms with Gasteiger partial charge in [-0.1, -0.05) is 6.42 Å². The minimum atomic E-state index is -3.79. The van der Waals surface area contributed by atoms with Gasteiger partial charge in [-0.2, -0.15) is 4.31 Å². The van der Waals surface area contributed by atoms with Crippen molar-refractivity contribution < 1.29 is 22.7 Å². The highest BCUT2D eigenvalue weighted by molar-refractivity contribution is 7.89. The summed E-state index contributed by atoms with van der Waals surface area (Å²) in [5.74, 6) is -0.715. The van der Waals surface area contributed by atoms with Crippen LogP contribution in [0.1, 0.15) is 19.3 Å². The van der Waals surface area contributed by atoms with Crippen LogP contribution in [0.2, 0.25) is 0 Å². The van der Waals surface area contributed by atoms with Crippen molar-refractivity contribution in [3.8, 4) is 5.75 Å². The van der Waals surface area contributed by atoms with Crippen LogP contribution < -0.4 is 4.74 Å². The summed E-state index contributed by atoms with van der Waals surface area (Å²) in [5, 5.41) is 9.31. The van der Waals surface area contributed by atoms with Crippen molar-refractivity contribution in [2.24, 2.45) is 0 Å². The number of piperidine rings is 1. The molecule has 0 aromatic heterocycles. The van der Waals surface area contributed by atoms with Gasteiger partial charge in [0.15, 0.2) is 11.6 Å². The summed E-state index contributed by atoms with van der Waals surface area (Å²) in [6, 6.07) is 3.14. The van der Waals surface area contributed by atoms with Crippen LogP contribution in [0, 0.1) is 5.82 Å². The third-order valence-electron chi connectivity index (χ3n) is 3.51. The number of sulfonamides is 1. The third-order valence-corrected chi connectivity index (χ3v) is 5.46. The average molecular weight is 303 g/mol. The Morgan fingerprint density at radius 2 is 2.20 bits per heavy atom. The van der Waals surface area contributed by atoms with Crippen LogP contribution in [0.25, 0.3) is 0 Å². The van der Waals surface area contributed by atoms with Gasteiger partial charge in [-0.3, -0.25) is 0 Å². The highest BCUT2D eigenvalue weighted by Crippen LogP contribution is 2.27. The van der Waals surface area contributed by atoms with Crippen LogP contribution in [0.5, 0.6) is 5.75 Å². The fourth-order valence-corrected chi connectivity index (χ4v) is 4.11. The molecule has 1 N–H and O–H groups in total. The average Bonchev–Trinajstić information content (AvgIpc) is 2.47. The zero-order valence-electron chi connectivity index (χ0n) is 11.3. The molecule has 112 valence electrons. The fourth-order valence-electron chi connectivity index (χ4n) is 2.42. The molecule has 7 heteroatoms. The molecule has 20 heavy (non-hydrogen) atoms. The van der Waals surface area contributed by atoms with Crippen molar-refractivity contribution in [2.75, 3.05) is 20.3 Å².